The fourth-order valence-corrected chi connectivity index (χ4v) is 4.33. The molecule has 0 aromatic heterocycles. The molecule has 2 aromatic carbocycles. The number of hydrogen-bond donors (Lipinski definition) is 4. The number of carbonyl (C=O) groups is 4. The largest absolute Gasteiger partial charge is 0.508 e. The fourth-order valence-electron chi connectivity index (χ4n) is 4.33. The van der Waals surface area contributed by atoms with Crippen LogP contribution in [0.3, 0.4) is 0 Å². The van der Waals surface area contributed by atoms with Crippen LogP contribution in [0.1, 0.15) is 62.4 Å². The first-order valence-electron chi connectivity index (χ1n) is 14.0. The van der Waals surface area contributed by atoms with E-state index in [0.29, 0.717) is 11.1 Å². The number of esters is 1. The van der Waals surface area contributed by atoms with E-state index in [-0.39, 0.29) is 38.3 Å². The highest BCUT2D eigenvalue weighted by Gasteiger charge is 2.37. The van der Waals surface area contributed by atoms with E-state index in [4.69, 9.17) is 9.47 Å². The maximum absolute atomic E-state index is 14.2. The number of ether oxygens (including phenoxy) is 2. The van der Waals surface area contributed by atoms with E-state index in [1.165, 1.54) is 17.0 Å². The van der Waals surface area contributed by atoms with Gasteiger partial charge in [0.2, 0.25) is 11.8 Å². The number of hydrogen-bond acceptors (Lipinski definition) is 8. The summed E-state index contributed by atoms with van der Waals surface area (Å²) in [5, 5.41) is 25.1. The minimum atomic E-state index is -1.19. The molecule has 42 heavy (non-hydrogen) atoms. The van der Waals surface area contributed by atoms with E-state index >= 15 is 0 Å². The lowest BCUT2D eigenvalue weighted by atomic mass is 9.94. The van der Waals surface area contributed by atoms with Crippen LogP contribution in [0.5, 0.6) is 5.75 Å². The van der Waals surface area contributed by atoms with Crippen LogP contribution in [0, 0.1) is 13.8 Å². The van der Waals surface area contributed by atoms with Gasteiger partial charge in [-0.25, -0.2) is 4.79 Å². The van der Waals surface area contributed by atoms with E-state index < -0.39 is 48.2 Å². The highest BCUT2D eigenvalue weighted by Crippen LogP contribution is 2.28. The highest BCUT2D eigenvalue weighted by atomic mass is 16.6. The molecule has 0 heterocycles. The number of carbonyl (C=O) groups excluding carboxylic acids is 4. The van der Waals surface area contributed by atoms with Gasteiger partial charge in [-0.3, -0.25) is 14.4 Å². The number of amides is 3. The highest BCUT2D eigenvalue weighted by molar-refractivity contribution is 5.92. The van der Waals surface area contributed by atoms with Crippen LogP contribution in [-0.2, 0) is 30.3 Å². The predicted molar refractivity (Wildman–Crippen MR) is 157 cm³/mol. The molecule has 0 saturated carbocycles. The van der Waals surface area contributed by atoms with Gasteiger partial charge in [0.15, 0.2) is 0 Å². The summed E-state index contributed by atoms with van der Waals surface area (Å²) in [6.07, 6.45) is -0.869. The van der Waals surface area contributed by atoms with Gasteiger partial charge in [0.25, 0.3) is 0 Å². The number of nitrogens with one attached hydrogen (secondary N) is 2. The summed E-state index contributed by atoms with van der Waals surface area (Å²) in [5.74, 6) is -1.62. The molecule has 11 heteroatoms. The Labute approximate surface area is 247 Å². The minimum Gasteiger partial charge on any atom is -0.508 e. The Kier molecular flexibility index (Phi) is 12.8. The number of aliphatic hydroxyl groups is 1. The number of aromatic hydroxyl groups is 1. The van der Waals surface area contributed by atoms with Gasteiger partial charge in [-0.2, -0.15) is 0 Å². The van der Waals surface area contributed by atoms with Gasteiger partial charge >= 0.3 is 12.1 Å². The van der Waals surface area contributed by atoms with E-state index in [2.05, 4.69) is 10.6 Å². The Bertz CT molecular complexity index is 1220. The Morgan fingerprint density at radius 3 is 2.29 bits per heavy atom. The van der Waals surface area contributed by atoms with Crippen molar-refractivity contribution in [3.63, 3.8) is 0 Å². The third-order valence-electron chi connectivity index (χ3n) is 6.42. The van der Waals surface area contributed by atoms with Crippen molar-refractivity contribution in [1.29, 1.82) is 0 Å². The van der Waals surface area contributed by atoms with Crippen LogP contribution < -0.4 is 10.6 Å². The normalized spacial score (nSPS) is 12.5. The molecule has 2 unspecified atom stereocenters. The standard InChI is InChI=1S/C31H43N3O8/c1-7-41-26(37)15-16-32-28(38)27(24-10-8-9-20(2)21(24)3)34(17-18-35)29(39)25(33-30(40)42-31(4,5)6)19-22-11-13-23(36)14-12-22/h8-14,25,27,35-36H,7,15-19H2,1-6H3,(H,32,38)(H,33,40). The molecule has 3 amide bonds. The molecule has 0 bridgehead atoms. The van der Waals surface area contributed by atoms with Gasteiger partial charge in [0.05, 0.1) is 19.6 Å². The van der Waals surface area contributed by atoms with Crippen LogP contribution in [0.15, 0.2) is 42.5 Å². The van der Waals surface area contributed by atoms with E-state index in [1.54, 1.807) is 52.0 Å². The maximum atomic E-state index is 14.2. The van der Waals surface area contributed by atoms with Crippen LogP contribution >= 0.6 is 0 Å². The number of phenols is 1. The molecule has 0 radical (unpaired) electrons. The Hall–Kier alpha value is -4.12. The quantitative estimate of drug-likeness (QED) is 0.262. The average molecular weight is 586 g/mol. The third-order valence-corrected chi connectivity index (χ3v) is 6.42. The fraction of sp³-hybridized carbons (Fsp3) is 0.484. The predicted octanol–water partition coefficient (Wildman–Crippen LogP) is 3.08. The molecule has 0 aliphatic carbocycles. The van der Waals surface area contributed by atoms with Crippen molar-refractivity contribution in [3.05, 3.63) is 64.7 Å². The summed E-state index contributed by atoms with van der Waals surface area (Å²) >= 11 is 0. The molecule has 0 saturated heterocycles. The smallest absolute Gasteiger partial charge is 0.408 e. The Morgan fingerprint density at radius 2 is 1.69 bits per heavy atom. The van der Waals surface area contributed by atoms with Crippen molar-refractivity contribution < 1.29 is 38.9 Å². The second kappa shape index (κ2) is 15.8. The summed E-state index contributed by atoms with van der Waals surface area (Å²) in [6, 6.07) is 9.17. The van der Waals surface area contributed by atoms with E-state index in [1.807, 2.05) is 19.9 Å². The van der Waals surface area contributed by atoms with Crippen molar-refractivity contribution in [3.8, 4) is 5.75 Å². The summed E-state index contributed by atoms with van der Waals surface area (Å²) < 4.78 is 10.3. The second-order valence-corrected chi connectivity index (χ2v) is 10.9. The summed E-state index contributed by atoms with van der Waals surface area (Å²) in [4.78, 5) is 53.8. The van der Waals surface area contributed by atoms with Gasteiger partial charge in [0.1, 0.15) is 23.4 Å². The van der Waals surface area contributed by atoms with Gasteiger partial charge in [0, 0.05) is 19.5 Å². The first-order valence-corrected chi connectivity index (χ1v) is 14.0. The Morgan fingerprint density at radius 1 is 1.02 bits per heavy atom. The molecule has 230 valence electrons. The monoisotopic (exact) mass is 585 g/mol. The van der Waals surface area contributed by atoms with Gasteiger partial charge in [-0.15, -0.1) is 0 Å². The van der Waals surface area contributed by atoms with Crippen molar-refractivity contribution in [2.45, 2.75) is 72.1 Å². The Balaban J connectivity index is 2.52. The summed E-state index contributed by atoms with van der Waals surface area (Å²) in [6.45, 7) is 9.99. The van der Waals surface area contributed by atoms with Crippen LogP contribution in [0.4, 0.5) is 4.79 Å². The molecular formula is C31H43N3O8. The molecule has 2 aromatic rings. The van der Waals surface area contributed by atoms with Crippen molar-refractivity contribution in [2.75, 3.05) is 26.3 Å². The summed E-state index contributed by atoms with van der Waals surface area (Å²) in [5.41, 5.74) is 2.00. The maximum Gasteiger partial charge on any atom is 0.408 e. The molecule has 4 N–H and O–H groups in total. The molecular weight excluding hydrogens is 542 g/mol. The molecule has 0 aliphatic heterocycles. The second-order valence-electron chi connectivity index (χ2n) is 10.9. The zero-order valence-corrected chi connectivity index (χ0v) is 25.2. The molecule has 2 rings (SSSR count). The number of aliphatic hydroxyl groups excluding tert-OH is 1. The minimum absolute atomic E-state index is 0.0181. The number of nitrogens with zero attached hydrogens (tertiary/aromatic N) is 1. The number of benzene rings is 2. The number of alkyl carbamates (subject to hydrolysis) is 1. The van der Waals surface area contributed by atoms with Gasteiger partial charge in [-0.05, 0) is 75.9 Å². The SMILES string of the molecule is CCOC(=O)CCNC(=O)C(c1cccc(C)c1C)N(CCO)C(=O)C(Cc1ccc(O)cc1)NC(=O)OC(C)(C)C. The molecule has 0 aliphatic rings. The molecule has 0 spiro atoms. The third kappa shape index (κ3) is 10.4. The first kappa shape index (κ1) is 34.1. The van der Waals surface area contributed by atoms with Crippen molar-refractivity contribution in [1.82, 2.24) is 15.5 Å². The average Bonchev–Trinajstić information content (AvgIpc) is 2.90. The lowest BCUT2D eigenvalue weighted by molar-refractivity contribution is -0.144. The summed E-state index contributed by atoms with van der Waals surface area (Å²) in [7, 11) is 0. The van der Waals surface area contributed by atoms with Crippen LogP contribution in [0.2, 0.25) is 0 Å². The molecule has 11 nitrogen and oxygen atoms in total. The number of phenolic OH excluding ortho intramolecular Hbond substituents is 1. The lowest BCUT2D eigenvalue weighted by Crippen LogP contribution is -2.54. The zero-order chi connectivity index (χ0) is 31.4. The van der Waals surface area contributed by atoms with Gasteiger partial charge < -0.3 is 35.2 Å². The topological polar surface area (TPSA) is 154 Å². The number of aryl methyl sites for hydroxylation is 1. The van der Waals surface area contributed by atoms with Gasteiger partial charge in [-0.1, -0.05) is 30.3 Å². The molecule has 0 fully saturated rings. The van der Waals surface area contributed by atoms with Crippen LogP contribution in [0.25, 0.3) is 0 Å². The van der Waals surface area contributed by atoms with Crippen LogP contribution in [-0.4, -0.2) is 76.9 Å². The molecule has 2 atom stereocenters. The van der Waals surface area contributed by atoms with Crippen molar-refractivity contribution in [2.24, 2.45) is 0 Å². The van der Waals surface area contributed by atoms with Crippen molar-refractivity contribution >= 4 is 23.9 Å². The van der Waals surface area contributed by atoms with E-state index in [9.17, 15) is 29.4 Å². The zero-order valence-electron chi connectivity index (χ0n) is 25.2. The lowest BCUT2D eigenvalue weighted by Gasteiger charge is -2.35. The van der Waals surface area contributed by atoms with E-state index in [0.717, 1.165) is 11.1 Å². The first-order chi connectivity index (χ1) is 19.8. The number of rotatable bonds is 13.